The average molecular weight is 239 g/mol. The molecule has 0 amide bonds. The Kier molecular flexibility index (Phi) is 4.57. The van der Waals surface area contributed by atoms with E-state index in [1.807, 2.05) is 26.8 Å². The molecule has 96 valence electrons. The van der Waals surface area contributed by atoms with Crippen LogP contribution in [0.4, 0.5) is 11.5 Å². The number of pyridine rings is 1. The minimum Gasteiger partial charge on any atom is -0.479 e. The zero-order valence-corrected chi connectivity index (χ0v) is 10.9. The molecule has 1 heterocycles. The minimum atomic E-state index is -0.231. The predicted octanol–water partition coefficient (Wildman–Crippen LogP) is 1.90. The lowest BCUT2D eigenvalue weighted by Crippen LogP contribution is -2.33. The van der Waals surface area contributed by atoms with Crippen molar-refractivity contribution in [3.63, 3.8) is 0 Å². The van der Waals surface area contributed by atoms with E-state index in [4.69, 9.17) is 15.2 Å². The molecule has 17 heavy (non-hydrogen) atoms. The highest BCUT2D eigenvalue weighted by Crippen LogP contribution is 2.20. The quantitative estimate of drug-likeness (QED) is 0.793. The molecule has 1 rings (SSSR count). The van der Waals surface area contributed by atoms with Crippen LogP contribution < -0.4 is 15.8 Å². The fraction of sp³-hybridized carbons (Fsp3) is 0.583. The number of methoxy groups -OCH3 is 1. The van der Waals surface area contributed by atoms with Gasteiger partial charge in [-0.15, -0.1) is 0 Å². The van der Waals surface area contributed by atoms with Gasteiger partial charge in [0.05, 0.1) is 18.4 Å². The summed E-state index contributed by atoms with van der Waals surface area (Å²) in [5, 5.41) is 3.20. The van der Waals surface area contributed by atoms with Gasteiger partial charge in [-0.3, -0.25) is 0 Å². The molecular formula is C12H21N3O2. The van der Waals surface area contributed by atoms with E-state index in [1.54, 1.807) is 13.2 Å². The van der Waals surface area contributed by atoms with Crippen LogP contribution in [0.1, 0.15) is 20.8 Å². The van der Waals surface area contributed by atoms with Crippen molar-refractivity contribution in [3.05, 3.63) is 12.1 Å². The van der Waals surface area contributed by atoms with E-state index in [0.29, 0.717) is 24.7 Å². The van der Waals surface area contributed by atoms with Gasteiger partial charge in [-0.05, 0) is 32.9 Å². The number of aromatic nitrogens is 1. The van der Waals surface area contributed by atoms with E-state index in [-0.39, 0.29) is 5.60 Å². The smallest absolute Gasteiger partial charge is 0.238 e. The Hall–Kier alpha value is -1.49. The maximum Gasteiger partial charge on any atom is 0.238 e. The second-order valence-corrected chi connectivity index (χ2v) is 4.34. The molecule has 0 spiro atoms. The highest BCUT2D eigenvalue weighted by atomic mass is 16.5. The van der Waals surface area contributed by atoms with Gasteiger partial charge in [-0.1, -0.05) is 0 Å². The van der Waals surface area contributed by atoms with E-state index in [0.717, 1.165) is 5.82 Å². The summed E-state index contributed by atoms with van der Waals surface area (Å²) < 4.78 is 10.6. The summed E-state index contributed by atoms with van der Waals surface area (Å²) in [6.07, 6.45) is 0. The first-order valence-corrected chi connectivity index (χ1v) is 5.67. The van der Waals surface area contributed by atoms with Crippen LogP contribution in [-0.2, 0) is 4.74 Å². The normalized spacial score (nSPS) is 11.3. The molecule has 1 aromatic rings. The molecule has 0 aromatic carbocycles. The third kappa shape index (κ3) is 4.11. The van der Waals surface area contributed by atoms with Crippen molar-refractivity contribution < 1.29 is 9.47 Å². The van der Waals surface area contributed by atoms with Gasteiger partial charge >= 0.3 is 0 Å². The molecule has 5 heteroatoms. The fourth-order valence-electron chi connectivity index (χ4n) is 1.46. The lowest BCUT2D eigenvalue weighted by atomic mass is 10.1. The summed E-state index contributed by atoms with van der Waals surface area (Å²) in [4.78, 5) is 4.24. The number of ether oxygens (including phenoxy) is 2. The molecule has 0 aliphatic rings. The number of nitrogens with two attached hydrogens (primary N) is 1. The number of nitrogens with one attached hydrogen (secondary N) is 1. The van der Waals surface area contributed by atoms with Crippen molar-refractivity contribution in [2.45, 2.75) is 26.4 Å². The number of hydrogen-bond donors (Lipinski definition) is 2. The van der Waals surface area contributed by atoms with E-state index in [1.165, 1.54) is 0 Å². The summed E-state index contributed by atoms with van der Waals surface area (Å²) in [7, 11) is 1.55. The predicted molar refractivity (Wildman–Crippen MR) is 69.4 cm³/mol. The molecule has 0 aliphatic carbocycles. The summed E-state index contributed by atoms with van der Waals surface area (Å²) in [5.74, 6) is 1.16. The van der Waals surface area contributed by atoms with Gasteiger partial charge in [-0.2, -0.15) is 4.98 Å². The first-order valence-electron chi connectivity index (χ1n) is 5.67. The Morgan fingerprint density at radius 1 is 1.41 bits per heavy atom. The summed E-state index contributed by atoms with van der Waals surface area (Å²) in [6, 6.07) is 3.59. The van der Waals surface area contributed by atoms with Crippen LogP contribution in [0.25, 0.3) is 0 Å². The van der Waals surface area contributed by atoms with Crippen LogP contribution in [0.15, 0.2) is 12.1 Å². The Bertz CT molecular complexity index is 367. The zero-order valence-electron chi connectivity index (χ0n) is 10.9. The summed E-state index contributed by atoms with van der Waals surface area (Å²) in [6.45, 7) is 7.39. The van der Waals surface area contributed by atoms with Gasteiger partial charge in [0.1, 0.15) is 5.82 Å². The van der Waals surface area contributed by atoms with Gasteiger partial charge in [0.15, 0.2) is 0 Å². The van der Waals surface area contributed by atoms with Crippen LogP contribution >= 0.6 is 0 Å². The van der Waals surface area contributed by atoms with E-state index in [9.17, 15) is 0 Å². The van der Waals surface area contributed by atoms with E-state index >= 15 is 0 Å². The first kappa shape index (κ1) is 13.6. The third-order valence-corrected chi connectivity index (χ3v) is 2.31. The standard InChI is InChI=1S/C12H21N3O2/c1-5-17-12(2,3)8-14-10-7-6-9(13)11(15-10)16-4/h6-7H,5,8,13H2,1-4H3,(H,14,15). The lowest BCUT2D eigenvalue weighted by molar-refractivity contribution is 0.000636. The van der Waals surface area contributed by atoms with Crippen molar-refractivity contribution >= 4 is 11.5 Å². The maximum atomic E-state index is 5.69. The average Bonchev–Trinajstić information content (AvgIpc) is 2.28. The van der Waals surface area contributed by atoms with Gasteiger partial charge < -0.3 is 20.5 Å². The van der Waals surface area contributed by atoms with Crippen molar-refractivity contribution in [2.75, 3.05) is 31.3 Å². The number of anilines is 2. The number of hydrogen-bond acceptors (Lipinski definition) is 5. The molecule has 0 bridgehead atoms. The zero-order chi connectivity index (χ0) is 12.9. The third-order valence-electron chi connectivity index (χ3n) is 2.31. The molecule has 5 nitrogen and oxygen atoms in total. The Morgan fingerprint density at radius 2 is 2.12 bits per heavy atom. The molecule has 0 radical (unpaired) electrons. The first-order chi connectivity index (χ1) is 7.98. The number of nitrogens with zero attached hydrogens (tertiary/aromatic N) is 1. The fourth-order valence-corrected chi connectivity index (χ4v) is 1.46. The van der Waals surface area contributed by atoms with Crippen LogP contribution in [0.2, 0.25) is 0 Å². The van der Waals surface area contributed by atoms with Gasteiger partial charge in [0.2, 0.25) is 5.88 Å². The Morgan fingerprint density at radius 3 is 2.71 bits per heavy atom. The van der Waals surface area contributed by atoms with Crippen molar-refractivity contribution in [1.82, 2.24) is 4.98 Å². The molecule has 0 aliphatic heterocycles. The molecular weight excluding hydrogens is 218 g/mol. The minimum absolute atomic E-state index is 0.231. The molecule has 0 saturated heterocycles. The van der Waals surface area contributed by atoms with E-state index in [2.05, 4.69) is 10.3 Å². The second-order valence-electron chi connectivity index (χ2n) is 4.34. The van der Waals surface area contributed by atoms with Gasteiger partial charge in [0, 0.05) is 13.2 Å². The SMILES string of the molecule is CCOC(C)(C)CNc1ccc(N)c(OC)n1. The Balaban J connectivity index is 2.63. The van der Waals surface area contributed by atoms with Gasteiger partial charge in [0.25, 0.3) is 0 Å². The molecule has 0 atom stereocenters. The maximum absolute atomic E-state index is 5.69. The number of nitrogen functional groups attached to an aromatic ring is 1. The largest absolute Gasteiger partial charge is 0.479 e. The highest BCUT2D eigenvalue weighted by molar-refractivity contribution is 5.53. The van der Waals surface area contributed by atoms with Crippen LogP contribution in [-0.4, -0.2) is 30.8 Å². The Labute approximate surface area is 102 Å². The van der Waals surface area contributed by atoms with Crippen LogP contribution in [0, 0.1) is 0 Å². The summed E-state index contributed by atoms with van der Waals surface area (Å²) >= 11 is 0. The topological polar surface area (TPSA) is 69.4 Å². The molecule has 0 fully saturated rings. The molecule has 0 unspecified atom stereocenters. The van der Waals surface area contributed by atoms with Crippen molar-refractivity contribution in [3.8, 4) is 5.88 Å². The molecule has 3 N–H and O–H groups in total. The number of rotatable bonds is 6. The van der Waals surface area contributed by atoms with E-state index < -0.39 is 0 Å². The van der Waals surface area contributed by atoms with Crippen molar-refractivity contribution in [1.29, 1.82) is 0 Å². The summed E-state index contributed by atoms with van der Waals surface area (Å²) in [5.41, 5.74) is 5.99. The second kappa shape index (κ2) is 5.72. The van der Waals surface area contributed by atoms with Crippen molar-refractivity contribution in [2.24, 2.45) is 0 Å². The monoisotopic (exact) mass is 239 g/mol. The lowest BCUT2D eigenvalue weighted by Gasteiger charge is -2.25. The molecule has 1 aromatic heterocycles. The highest BCUT2D eigenvalue weighted by Gasteiger charge is 2.17. The molecule has 0 saturated carbocycles. The van der Waals surface area contributed by atoms with Gasteiger partial charge in [-0.25, -0.2) is 0 Å². The van der Waals surface area contributed by atoms with Crippen LogP contribution in [0.5, 0.6) is 5.88 Å². The van der Waals surface area contributed by atoms with Crippen LogP contribution in [0.3, 0.4) is 0 Å².